The second-order valence-electron chi connectivity index (χ2n) is 5.02. The second kappa shape index (κ2) is 6.06. The van der Waals surface area contributed by atoms with Gasteiger partial charge in [-0.15, -0.1) is 0 Å². The Labute approximate surface area is 133 Å². The van der Waals surface area contributed by atoms with E-state index in [0.29, 0.717) is 28.7 Å². The third kappa shape index (κ3) is 3.21. The van der Waals surface area contributed by atoms with Crippen LogP contribution in [0, 0.1) is 0 Å². The molecule has 0 radical (unpaired) electrons. The highest BCUT2D eigenvalue weighted by Gasteiger charge is 2.24. The Morgan fingerprint density at radius 2 is 1.90 bits per heavy atom. The number of amides is 1. The van der Waals surface area contributed by atoms with Crippen molar-refractivity contribution >= 4 is 34.8 Å². The van der Waals surface area contributed by atoms with E-state index in [9.17, 15) is 4.79 Å². The van der Waals surface area contributed by atoms with Crippen LogP contribution in [0.5, 0.6) is 0 Å². The van der Waals surface area contributed by atoms with Crippen molar-refractivity contribution in [2.75, 3.05) is 5.32 Å². The van der Waals surface area contributed by atoms with Crippen LogP contribution in [0.2, 0.25) is 10.0 Å². The molecule has 1 atom stereocenters. The molecule has 0 saturated carbocycles. The standard InChI is InChI=1S/C16H14Cl2N2O/c17-12-5-6-14(13(18)8-12)20-16(21)15-7-10-3-1-2-4-11(10)9-19-15/h1-6,8,15,19H,7,9H2,(H,20,21)/t15-/m1/s1. The van der Waals surface area contributed by atoms with Gasteiger partial charge < -0.3 is 10.6 Å². The van der Waals surface area contributed by atoms with Crippen molar-refractivity contribution in [2.45, 2.75) is 19.0 Å². The molecule has 1 aliphatic heterocycles. The molecule has 2 aromatic carbocycles. The molecular formula is C16H14Cl2N2O. The lowest BCUT2D eigenvalue weighted by Crippen LogP contribution is -2.44. The van der Waals surface area contributed by atoms with Gasteiger partial charge in [-0.05, 0) is 35.7 Å². The summed E-state index contributed by atoms with van der Waals surface area (Å²) in [5.74, 6) is -0.0891. The normalized spacial score (nSPS) is 17.1. The highest BCUT2D eigenvalue weighted by molar-refractivity contribution is 6.36. The van der Waals surface area contributed by atoms with Crippen molar-refractivity contribution in [1.82, 2.24) is 5.32 Å². The molecule has 5 heteroatoms. The predicted octanol–water partition coefficient (Wildman–Crippen LogP) is 3.65. The monoisotopic (exact) mass is 320 g/mol. The van der Waals surface area contributed by atoms with E-state index in [1.54, 1.807) is 18.2 Å². The molecule has 0 aliphatic carbocycles. The molecule has 0 saturated heterocycles. The van der Waals surface area contributed by atoms with E-state index < -0.39 is 0 Å². The van der Waals surface area contributed by atoms with Crippen LogP contribution in [0.4, 0.5) is 5.69 Å². The number of anilines is 1. The maximum Gasteiger partial charge on any atom is 0.241 e. The average molecular weight is 321 g/mol. The first kappa shape index (κ1) is 14.4. The highest BCUT2D eigenvalue weighted by atomic mass is 35.5. The fraction of sp³-hybridized carbons (Fsp3) is 0.188. The molecule has 0 aromatic heterocycles. The summed E-state index contributed by atoms with van der Waals surface area (Å²) in [6.07, 6.45) is 0.674. The average Bonchev–Trinajstić information content (AvgIpc) is 2.49. The van der Waals surface area contributed by atoms with Gasteiger partial charge in [0.2, 0.25) is 5.91 Å². The van der Waals surface area contributed by atoms with Crippen molar-refractivity contribution < 1.29 is 4.79 Å². The van der Waals surface area contributed by atoms with E-state index in [-0.39, 0.29) is 11.9 Å². The number of hydrogen-bond acceptors (Lipinski definition) is 2. The molecule has 2 N–H and O–H groups in total. The highest BCUT2D eigenvalue weighted by Crippen LogP contribution is 2.26. The molecule has 1 aliphatic rings. The van der Waals surface area contributed by atoms with Crippen molar-refractivity contribution in [3.63, 3.8) is 0 Å². The minimum absolute atomic E-state index is 0.0891. The van der Waals surface area contributed by atoms with Gasteiger partial charge in [0.05, 0.1) is 16.8 Å². The smallest absolute Gasteiger partial charge is 0.241 e. The van der Waals surface area contributed by atoms with Gasteiger partial charge in [-0.2, -0.15) is 0 Å². The van der Waals surface area contributed by atoms with Gasteiger partial charge in [-0.3, -0.25) is 4.79 Å². The van der Waals surface area contributed by atoms with E-state index in [2.05, 4.69) is 22.8 Å². The van der Waals surface area contributed by atoms with Crippen LogP contribution in [0.1, 0.15) is 11.1 Å². The maximum atomic E-state index is 12.3. The van der Waals surface area contributed by atoms with Gasteiger partial charge in [0.15, 0.2) is 0 Å². The maximum absolute atomic E-state index is 12.3. The minimum Gasteiger partial charge on any atom is -0.323 e. The molecule has 0 bridgehead atoms. The van der Waals surface area contributed by atoms with Gasteiger partial charge >= 0.3 is 0 Å². The van der Waals surface area contributed by atoms with Crippen LogP contribution in [0.3, 0.4) is 0 Å². The molecule has 3 rings (SSSR count). The number of nitrogens with one attached hydrogen (secondary N) is 2. The molecule has 108 valence electrons. The van der Waals surface area contributed by atoms with Gasteiger partial charge in [0, 0.05) is 11.6 Å². The molecule has 0 spiro atoms. The number of halogens is 2. The van der Waals surface area contributed by atoms with E-state index in [0.717, 1.165) is 0 Å². The lowest BCUT2D eigenvalue weighted by Gasteiger charge is -2.25. The number of fused-ring (bicyclic) bond motifs is 1. The van der Waals surface area contributed by atoms with Gasteiger partial charge in [0.1, 0.15) is 0 Å². The summed E-state index contributed by atoms with van der Waals surface area (Å²) < 4.78 is 0. The van der Waals surface area contributed by atoms with Crippen LogP contribution < -0.4 is 10.6 Å². The van der Waals surface area contributed by atoms with Crippen LogP contribution >= 0.6 is 23.2 Å². The Morgan fingerprint density at radius 1 is 1.14 bits per heavy atom. The number of rotatable bonds is 2. The lowest BCUT2D eigenvalue weighted by molar-refractivity contribution is -0.118. The van der Waals surface area contributed by atoms with Crippen molar-refractivity contribution in [3.8, 4) is 0 Å². The molecule has 0 unspecified atom stereocenters. The predicted molar refractivity (Wildman–Crippen MR) is 85.9 cm³/mol. The number of benzene rings is 2. The molecule has 21 heavy (non-hydrogen) atoms. The fourth-order valence-electron chi connectivity index (χ4n) is 2.45. The molecule has 3 nitrogen and oxygen atoms in total. The van der Waals surface area contributed by atoms with E-state index in [4.69, 9.17) is 23.2 Å². The largest absolute Gasteiger partial charge is 0.323 e. The van der Waals surface area contributed by atoms with E-state index >= 15 is 0 Å². The number of carbonyl (C=O) groups is 1. The summed E-state index contributed by atoms with van der Waals surface area (Å²) in [5, 5.41) is 7.07. The van der Waals surface area contributed by atoms with Gasteiger partial charge in [0.25, 0.3) is 0 Å². The van der Waals surface area contributed by atoms with Crippen LogP contribution in [0.25, 0.3) is 0 Å². The quantitative estimate of drug-likeness (QED) is 0.886. The first-order valence-corrected chi connectivity index (χ1v) is 7.45. The van der Waals surface area contributed by atoms with Crippen molar-refractivity contribution in [2.24, 2.45) is 0 Å². The zero-order valence-corrected chi connectivity index (χ0v) is 12.7. The Kier molecular flexibility index (Phi) is 4.15. The van der Waals surface area contributed by atoms with E-state index in [1.165, 1.54) is 11.1 Å². The Morgan fingerprint density at radius 3 is 2.67 bits per heavy atom. The van der Waals surface area contributed by atoms with Crippen LogP contribution in [-0.4, -0.2) is 11.9 Å². The molecule has 0 fully saturated rings. The van der Waals surface area contributed by atoms with E-state index in [1.807, 2.05) is 12.1 Å². The lowest BCUT2D eigenvalue weighted by atomic mass is 9.95. The molecule has 1 amide bonds. The van der Waals surface area contributed by atoms with Crippen LogP contribution in [0.15, 0.2) is 42.5 Å². The van der Waals surface area contributed by atoms with Crippen LogP contribution in [-0.2, 0) is 17.8 Å². The SMILES string of the molecule is O=C(Nc1ccc(Cl)cc1Cl)[C@H]1Cc2ccccc2CN1. The Bertz CT molecular complexity index is 688. The van der Waals surface area contributed by atoms with Gasteiger partial charge in [-0.1, -0.05) is 47.5 Å². The van der Waals surface area contributed by atoms with Gasteiger partial charge in [-0.25, -0.2) is 0 Å². The summed E-state index contributed by atoms with van der Waals surface area (Å²) in [6.45, 7) is 0.697. The first-order valence-electron chi connectivity index (χ1n) is 6.69. The minimum atomic E-state index is -0.258. The molecule has 2 aromatic rings. The number of hydrogen-bond donors (Lipinski definition) is 2. The third-order valence-electron chi connectivity index (χ3n) is 3.59. The Balaban J connectivity index is 1.72. The molecular weight excluding hydrogens is 307 g/mol. The second-order valence-corrected chi connectivity index (χ2v) is 5.86. The Hall–Kier alpha value is -1.55. The zero-order valence-electron chi connectivity index (χ0n) is 11.2. The summed E-state index contributed by atoms with van der Waals surface area (Å²) in [5.41, 5.74) is 3.02. The summed E-state index contributed by atoms with van der Waals surface area (Å²) in [4.78, 5) is 12.3. The summed E-state index contributed by atoms with van der Waals surface area (Å²) in [6, 6.07) is 12.9. The zero-order chi connectivity index (χ0) is 14.8. The summed E-state index contributed by atoms with van der Waals surface area (Å²) in [7, 11) is 0. The number of carbonyl (C=O) groups excluding carboxylic acids is 1. The summed E-state index contributed by atoms with van der Waals surface area (Å²) >= 11 is 11.9. The molecule has 1 heterocycles. The van der Waals surface area contributed by atoms with Crippen molar-refractivity contribution in [1.29, 1.82) is 0 Å². The first-order chi connectivity index (χ1) is 10.1. The third-order valence-corrected chi connectivity index (χ3v) is 4.13. The topological polar surface area (TPSA) is 41.1 Å². The fourth-order valence-corrected chi connectivity index (χ4v) is 2.91. The van der Waals surface area contributed by atoms with Crippen molar-refractivity contribution in [3.05, 3.63) is 63.6 Å².